The Hall–Kier alpha value is -2.05. The number of ether oxygens (including phenoxy) is 2. The van der Waals surface area contributed by atoms with Gasteiger partial charge in [0.2, 0.25) is 0 Å². The first-order valence-electron chi connectivity index (χ1n) is 7.83. The average Bonchev–Trinajstić information content (AvgIpc) is 2.88. The Morgan fingerprint density at radius 3 is 2.87 bits per heavy atom. The van der Waals surface area contributed by atoms with E-state index in [0.29, 0.717) is 5.75 Å². The van der Waals surface area contributed by atoms with E-state index in [1.165, 1.54) is 0 Å². The van der Waals surface area contributed by atoms with E-state index in [1.807, 2.05) is 45.5 Å². The molecule has 124 valence electrons. The first-order chi connectivity index (χ1) is 11.0. The van der Waals surface area contributed by atoms with Crippen LogP contribution in [-0.2, 0) is 11.2 Å². The van der Waals surface area contributed by atoms with Crippen LogP contribution in [0.5, 0.6) is 5.75 Å². The second-order valence-corrected chi connectivity index (χ2v) is 6.36. The second kappa shape index (κ2) is 6.60. The van der Waals surface area contributed by atoms with Gasteiger partial charge in [0.25, 0.3) is 0 Å². The van der Waals surface area contributed by atoms with Gasteiger partial charge in [-0.2, -0.15) is 0 Å². The van der Waals surface area contributed by atoms with Crippen molar-refractivity contribution in [1.82, 2.24) is 14.8 Å². The molecule has 0 spiro atoms. The number of aromatic amines is 1. The number of likely N-dealkylation sites (tertiary alicyclic amines) is 1. The number of carbonyl (C=O) groups is 1. The van der Waals surface area contributed by atoms with Crippen molar-refractivity contribution < 1.29 is 14.3 Å². The van der Waals surface area contributed by atoms with Crippen molar-refractivity contribution in [3.8, 4) is 5.75 Å². The van der Waals surface area contributed by atoms with E-state index >= 15 is 0 Å². The normalized spacial score (nSPS) is 15.8. The smallest absolute Gasteiger partial charge is 0.428 e. The fourth-order valence-electron chi connectivity index (χ4n) is 2.81. The Kier molecular flexibility index (Phi) is 4.54. The van der Waals surface area contributed by atoms with Gasteiger partial charge in [-0.25, -0.2) is 4.79 Å². The minimum atomic E-state index is -0.629. The zero-order chi connectivity index (χ0) is 16.4. The van der Waals surface area contributed by atoms with Gasteiger partial charge in [0, 0.05) is 36.7 Å². The number of nitrogens with one attached hydrogen (secondary N) is 1. The summed E-state index contributed by atoms with van der Waals surface area (Å²) in [4.78, 5) is 19.4. The Morgan fingerprint density at radius 1 is 1.39 bits per heavy atom. The summed E-state index contributed by atoms with van der Waals surface area (Å²) < 4.78 is 10.8. The van der Waals surface area contributed by atoms with Gasteiger partial charge in [0.05, 0.1) is 0 Å². The molecule has 6 heteroatoms. The van der Waals surface area contributed by atoms with Gasteiger partial charge in [0.1, 0.15) is 11.9 Å². The van der Waals surface area contributed by atoms with Crippen molar-refractivity contribution in [1.29, 1.82) is 0 Å². The third kappa shape index (κ3) is 3.65. The number of hydrogen-bond acceptors (Lipinski definition) is 5. The summed E-state index contributed by atoms with van der Waals surface area (Å²) in [6.07, 6.45) is 2.17. The lowest BCUT2D eigenvalue weighted by atomic mass is 10.1. The molecule has 0 aliphatic carbocycles. The molecule has 3 rings (SSSR count). The molecule has 0 amide bonds. The summed E-state index contributed by atoms with van der Waals surface area (Å²) in [5.74, 6) is 0.551. The highest BCUT2D eigenvalue weighted by Crippen LogP contribution is 2.29. The van der Waals surface area contributed by atoms with Gasteiger partial charge < -0.3 is 19.4 Å². The fraction of sp³-hybridized carbons (Fsp3) is 0.471. The minimum absolute atomic E-state index is 0.0638. The number of hydrogen-bond donors (Lipinski definition) is 1. The first-order valence-corrected chi connectivity index (χ1v) is 7.83. The number of rotatable bonds is 5. The molecule has 0 unspecified atom stereocenters. The van der Waals surface area contributed by atoms with E-state index in [2.05, 4.69) is 14.8 Å². The number of carbonyl (C=O) groups excluding carboxylic acids is 1. The predicted molar refractivity (Wildman–Crippen MR) is 89.0 cm³/mol. The maximum atomic E-state index is 12.0. The molecule has 1 aromatic heterocycles. The number of likely N-dealkylation sites (N-methyl/N-ethyl adjacent to an activating group) is 2. The molecule has 1 fully saturated rings. The number of fused-ring (bicyclic) bond motifs is 1. The lowest BCUT2D eigenvalue weighted by molar-refractivity contribution is -0.0181. The highest BCUT2D eigenvalue weighted by atomic mass is 16.7. The quantitative estimate of drug-likeness (QED) is 0.676. The molecule has 1 saturated heterocycles. The van der Waals surface area contributed by atoms with Crippen LogP contribution in [0.4, 0.5) is 4.79 Å². The SMILES string of the molecule is CN(C)CCc1c[nH]c2cccc(OC(=O)OC3CN(C)C3)c12. The van der Waals surface area contributed by atoms with Gasteiger partial charge >= 0.3 is 6.16 Å². The van der Waals surface area contributed by atoms with Crippen LogP contribution < -0.4 is 4.74 Å². The topological polar surface area (TPSA) is 57.8 Å². The van der Waals surface area contributed by atoms with Gasteiger partial charge in [-0.05, 0) is 45.3 Å². The Bertz CT molecular complexity index is 689. The van der Waals surface area contributed by atoms with Crippen LogP contribution in [0.15, 0.2) is 24.4 Å². The third-order valence-corrected chi connectivity index (χ3v) is 4.06. The molecule has 0 bridgehead atoms. The maximum Gasteiger partial charge on any atom is 0.514 e. The van der Waals surface area contributed by atoms with Gasteiger partial charge in [0.15, 0.2) is 0 Å². The van der Waals surface area contributed by atoms with Crippen LogP contribution >= 0.6 is 0 Å². The van der Waals surface area contributed by atoms with E-state index in [1.54, 1.807) is 0 Å². The van der Waals surface area contributed by atoms with Crippen LogP contribution in [0.3, 0.4) is 0 Å². The van der Waals surface area contributed by atoms with Gasteiger partial charge in [-0.1, -0.05) is 6.07 Å². The molecular weight excluding hydrogens is 294 g/mol. The number of aromatic nitrogens is 1. The molecule has 0 radical (unpaired) electrons. The van der Waals surface area contributed by atoms with E-state index in [0.717, 1.165) is 42.5 Å². The molecule has 1 aliphatic heterocycles. The van der Waals surface area contributed by atoms with E-state index in [4.69, 9.17) is 9.47 Å². The number of nitrogens with zero attached hydrogens (tertiary/aromatic N) is 2. The summed E-state index contributed by atoms with van der Waals surface area (Å²) >= 11 is 0. The Balaban J connectivity index is 1.74. The molecule has 0 saturated carbocycles. The highest BCUT2D eigenvalue weighted by molar-refractivity contribution is 5.90. The maximum absolute atomic E-state index is 12.0. The second-order valence-electron chi connectivity index (χ2n) is 6.36. The summed E-state index contributed by atoms with van der Waals surface area (Å²) in [6, 6.07) is 5.66. The lowest BCUT2D eigenvalue weighted by Crippen LogP contribution is -2.50. The Morgan fingerprint density at radius 2 is 2.17 bits per heavy atom. The third-order valence-electron chi connectivity index (χ3n) is 4.06. The van der Waals surface area contributed by atoms with Crippen molar-refractivity contribution in [3.05, 3.63) is 30.0 Å². The summed E-state index contributed by atoms with van der Waals surface area (Å²) in [5.41, 5.74) is 2.10. The van der Waals surface area contributed by atoms with Crippen molar-refractivity contribution in [2.45, 2.75) is 12.5 Å². The molecule has 0 atom stereocenters. The fourth-order valence-corrected chi connectivity index (χ4v) is 2.81. The molecule has 1 N–H and O–H groups in total. The number of H-pyrrole nitrogens is 1. The van der Waals surface area contributed by atoms with Crippen molar-refractivity contribution in [3.63, 3.8) is 0 Å². The van der Waals surface area contributed by atoms with E-state index in [9.17, 15) is 4.79 Å². The van der Waals surface area contributed by atoms with Gasteiger partial charge in [-0.15, -0.1) is 0 Å². The molecule has 6 nitrogen and oxygen atoms in total. The summed E-state index contributed by atoms with van der Waals surface area (Å²) in [5, 5.41) is 0.956. The molecule has 1 aliphatic rings. The average molecular weight is 317 g/mol. The van der Waals surface area contributed by atoms with Crippen molar-refractivity contribution in [2.75, 3.05) is 40.8 Å². The zero-order valence-corrected chi connectivity index (χ0v) is 13.8. The van der Waals surface area contributed by atoms with Crippen molar-refractivity contribution in [2.24, 2.45) is 0 Å². The molecule has 23 heavy (non-hydrogen) atoms. The predicted octanol–water partition coefficient (Wildman–Crippen LogP) is 2.10. The zero-order valence-electron chi connectivity index (χ0n) is 13.8. The first kappa shape index (κ1) is 15.8. The molecule has 1 aromatic carbocycles. The van der Waals surface area contributed by atoms with Crippen molar-refractivity contribution >= 4 is 17.1 Å². The van der Waals surface area contributed by atoms with Crippen LogP contribution in [0.1, 0.15) is 5.56 Å². The van der Waals surface area contributed by atoms with Gasteiger partial charge in [-0.3, -0.25) is 4.90 Å². The monoisotopic (exact) mass is 317 g/mol. The van der Waals surface area contributed by atoms with Crippen LogP contribution in [0, 0.1) is 0 Å². The van der Waals surface area contributed by atoms with Crippen LogP contribution in [-0.4, -0.2) is 67.8 Å². The summed E-state index contributed by atoms with van der Waals surface area (Å²) in [6.45, 7) is 2.45. The molecular formula is C17H23N3O3. The minimum Gasteiger partial charge on any atom is -0.428 e. The highest BCUT2D eigenvalue weighted by Gasteiger charge is 2.28. The lowest BCUT2D eigenvalue weighted by Gasteiger charge is -2.34. The van der Waals surface area contributed by atoms with Crippen LogP contribution in [0.25, 0.3) is 10.9 Å². The van der Waals surface area contributed by atoms with E-state index in [-0.39, 0.29) is 6.10 Å². The largest absolute Gasteiger partial charge is 0.514 e. The number of benzene rings is 1. The Labute approximate surface area is 136 Å². The van der Waals surface area contributed by atoms with E-state index < -0.39 is 6.16 Å². The molecule has 2 aromatic rings. The standard InChI is InChI=1S/C17H23N3O3/c1-19(2)8-7-12-9-18-14-5-4-6-15(16(12)14)23-17(21)22-13-10-20(3)11-13/h4-6,9,13,18H,7-8,10-11H2,1-3H3. The molecule has 2 heterocycles. The van der Waals surface area contributed by atoms with Crippen LogP contribution in [0.2, 0.25) is 0 Å². The summed E-state index contributed by atoms with van der Waals surface area (Å²) in [7, 11) is 6.07.